The second kappa shape index (κ2) is 7.98. The summed E-state index contributed by atoms with van der Waals surface area (Å²) in [5.41, 5.74) is 3.32. The fourth-order valence-corrected chi connectivity index (χ4v) is 6.37. The molecule has 158 valence electrons. The number of sulfonamides is 1. The number of nitrogens with zero attached hydrogens (tertiary/aromatic N) is 2. The first-order chi connectivity index (χ1) is 14.2. The summed E-state index contributed by atoms with van der Waals surface area (Å²) in [6.45, 7) is 4.82. The summed E-state index contributed by atoms with van der Waals surface area (Å²) in [5, 5.41) is 2.83. The molecular formula is C21H23N3O4S2. The molecular weight excluding hydrogens is 422 g/mol. The lowest BCUT2D eigenvalue weighted by Gasteiger charge is -2.15. The molecule has 1 N–H and O–H groups in total. The molecule has 1 aromatic heterocycles. The van der Waals surface area contributed by atoms with Crippen molar-refractivity contribution in [2.24, 2.45) is 0 Å². The van der Waals surface area contributed by atoms with Gasteiger partial charge in [0.1, 0.15) is 6.54 Å². The van der Waals surface area contributed by atoms with Crippen molar-refractivity contribution >= 4 is 43.2 Å². The maximum atomic E-state index is 12.8. The first kappa shape index (κ1) is 20.8. The molecule has 1 aliphatic rings. The van der Waals surface area contributed by atoms with E-state index in [1.807, 2.05) is 32.0 Å². The van der Waals surface area contributed by atoms with Gasteiger partial charge in [0, 0.05) is 18.8 Å². The SMILES string of the molecule is Cc1cc(C)cc(NC(=O)Cn2c(=O)sc3cc(S(=O)(=O)N4CCCC4)ccc32)c1. The van der Waals surface area contributed by atoms with E-state index in [4.69, 9.17) is 0 Å². The molecule has 0 atom stereocenters. The molecule has 0 bridgehead atoms. The zero-order valence-corrected chi connectivity index (χ0v) is 18.5. The first-order valence-electron chi connectivity index (χ1n) is 9.76. The van der Waals surface area contributed by atoms with Gasteiger partial charge in [-0.15, -0.1) is 0 Å². The minimum absolute atomic E-state index is 0.135. The van der Waals surface area contributed by atoms with Crippen molar-refractivity contribution in [2.45, 2.75) is 38.1 Å². The number of rotatable bonds is 5. The number of thiazole rings is 1. The Morgan fingerprint density at radius 2 is 1.73 bits per heavy atom. The van der Waals surface area contributed by atoms with Gasteiger partial charge in [-0.2, -0.15) is 4.31 Å². The maximum absolute atomic E-state index is 12.8. The first-order valence-corrected chi connectivity index (χ1v) is 12.0. The summed E-state index contributed by atoms with van der Waals surface area (Å²) < 4.78 is 29.0. The van der Waals surface area contributed by atoms with Crippen molar-refractivity contribution in [1.29, 1.82) is 0 Å². The third-order valence-corrected chi connectivity index (χ3v) is 7.99. The third-order valence-electron chi connectivity index (χ3n) is 5.15. The average Bonchev–Trinajstić information content (AvgIpc) is 3.29. The average molecular weight is 446 g/mol. The normalized spacial score (nSPS) is 15.0. The fraction of sp³-hybridized carbons (Fsp3) is 0.333. The molecule has 3 aromatic rings. The Hall–Kier alpha value is -2.49. The van der Waals surface area contributed by atoms with E-state index in [1.165, 1.54) is 21.0 Å². The van der Waals surface area contributed by atoms with Gasteiger partial charge in [0.25, 0.3) is 0 Å². The molecule has 7 nitrogen and oxygen atoms in total. The van der Waals surface area contributed by atoms with Crippen molar-refractivity contribution in [3.8, 4) is 0 Å². The van der Waals surface area contributed by atoms with Gasteiger partial charge < -0.3 is 5.32 Å². The summed E-state index contributed by atoms with van der Waals surface area (Å²) in [5.74, 6) is -0.310. The van der Waals surface area contributed by atoms with Gasteiger partial charge in [0.15, 0.2) is 0 Å². The summed E-state index contributed by atoms with van der Waals surface area (Å²) >= 11 is 0.949. The Morgan fingerprint density at radius 1 is 1.07 bits per heavy atom. The van der Waals surface area contributed by atoms with Crippen LogP contribution in [0, 0.1) is 13.8 Å². The maximum Gasteiger partial charge on any atom is 0.308 e. The van der Waals surface area contributed by atoms with E-state index in [2.05, 4.69) is 5.32 Å². The molecule has 0 unspecified atom stereocenters. The Morgan fingerprint density at radius 3 is 2.40 bits per heavy atom. The largest absolute Gasteiger partial charge is 0.325 e. The molecule has 2 aromatic carbocycles. The van der Waals surface area contributed by atoms with E-state index in [-0.39, 0.29) is 22.2 Å². The third kappa shape index (κ3) is 4.05. The number of nitrogens with one attached hydrogen (secondary N) is 1. The molecule has 30 heavy (non-hydrogen) atoms. The number of carbonyl (C=O) groups is 1. The lowest BCUT2D eigenvalue weighted by molar-refractivity contribution is -0.116. The van der Waals surface area contributed by atoms with Crippen molar-refractivity contribution in [2.75, 3.05) is 18.4 Å². The number of hydrogen-bond acceptors (Lipinski definition) is 5. The number of hydrogen-bond donors (Lipinski definition) is 1. The number of anilines is 1. The van der Waals surface area contributed by atoms with Crippen molar-refractivity contribution < 1.29 is 13.2 Å². The van der Waals surface area contributed by atoms with Gasteiger partial charge in [-0.1, -0.05) is 17.4 Å². The number of aryl methyl sites for hydroxylation is 2. The quantitative estimate of drug-likeness (QED) is 0.654. The molecule has 9 heteroatoms. The van der Waals surface area contributed by atoms with Crippen LogP contribution in [0.5, 0.6) is 0 Å². The number of benzene rings is 2. The minimum Gasteiger partial charge on any atom is -0.325 e. The predicted octanol–water partition coefficient (Wildman–Crippen LogP) is 3.10. The van der Waals surface area contributed by atoms with E-state index in [0.29, 0.717) is 29.0 Å². The lowest BCUT2D eigenvalue weighted by Crippen LogP contribution is -2.27. The lowest BCUT2D eigenvalue weighted by atomic mass is 10.1. The predicted molar refractivity (Wildman–Crippen MR) is 119 cm³/mol. The van der Waals surface area contributed by atoms with Gasteiger partial charge in [-0.25, -0.2) is 8.42 Å². The van der Waals surface area contributed by atoms with Crippen LogP contribution >= 0.6 is 11.3 Å². The zero-order valence-electron chi connectivity index (χ0n) is 16.8. The van der Waals surface area contributed by atoms with E-state index in [0.717, 1.165) is 35.3 Å². The molecule has 1 amide bonds. The Balaban J connectivity index is 1.60. The Bertz CT molecular complexity index is 1270. The molecule has 1 aliphatic heterocycles. The van der Waals surface area contributed by atoms with Crippen molar-refractivity contribution in [3.05, 3.63) is 57.2 Å². The molecule has 2 heterocycles. The summed E-state index contributed by atoms with van der Waals surface area (Å²) in [6, 6.07) is 10.4. The highest BCUT2D eigenvalue weighted by Gasteiger charge is 2.27. The Labute approximate surface area is 179 Å². The molecule has 4 rings (SSSR count). The number of aromatic nitrogens is 1. The van der Waals surface area contributed by atoms with Gasteiger partial charge in [-0.3, -0.25) is 14.2 Å². The summed E-state index contributed by atoms with van der Waals surface area (Å²) in [4.78, 5) is 24.9. The topological polar surface area (TPSA) is 88.5 Å². The van der Waals surface area contributed by atoms with Gasteiger partial charge in [0.05, 0.1) is 15.1 Å². The molecule has 0 saturated carbocycles. The zero-order chi connectivity index (χ0) is 21.5. The van der Waals surface area contributed by atoms with Crippen LogP contribution in [0.3, 0.4) is 0 Å². The molecule has 1 saturated heterocycles. The van der Waals surface area contributed by atoms with Gasteiger partial charge in [-0.05, 0) is 68.1 Å². The molecule has 0 spiro atoms. The second-order valence-corrected chi connectivity index (χ2v) is 10.6. The van der Waals surface area contributed by atoms with Gasteiger partial charge in [0.2, 0.25) is 15.9 Å². The van der Waals surface area contributed by atoms with Crippen LogP contribution in [0.4, 0.5) is 5.69 Å². The van der Waals surface area contributed by atoms with Crippen LogP contribution in [0.2, 0.25) is 0 Å². The molecule has 1 fully saturated rings. The van der Waals surface area contributed by atoms with Crippen LogP contribution in [-0.2, 0) is 21.4 Å². The smallest absolute Gasteiger partial charge is 0.308 e. The van der Waals surface area contributed by atoms with Crippen LogP contribution < -0.4 is 10.2 Å². The monoisotopic (exact) mass is 445 g/mol. The summed E-state index contributed by atoms with van der Waals surface area (Å²) in [7, 11) is -3.56. The van der Waals surface area contributed by atoms with E-state index in [9.17, 15) is 18.0 Å². The summed E-state index contributed by atoms with van der Waals surface area (Å²) in [6.07, 6.45) is 1.72. The van der Waals surface area contributed by atoms with Gasteiger partial charge >= 0.3 is 4.87 Å². The highest BCUT2D eigenvalue weighted by Crippen LogP contribution is 2.26. The van der Waals surface area contributed by atoms with E-state index in [1.54, 1.807) is 6.07 Å². The minimum atomic E-state index is -3.56. The van der Waals surface area contributed by atoms with Crippen molar-refractivity contribution in [3.63, 3.8) is 0 Å². The number of fused-ring (bicyclic) bond motifs is 1. The molecule has 0 radical (unpaired) electrons. The standard InChI is InChI=1S/C21H23N3O4S2/c1-14-9-15(2)11-16(10-14)22-20(25)13-24-18-6-5-17(12-19(18)29-21(24)26)30(27,28)23-7-3-4-8-23/h5-6,9-12H,3-4,7-8,13H2,1-2H3,(H,22,25). The van der Waals surface area contributed by atoms with Crippen LogP contribution in [0.15, 0.2) is 46.1 Å². The number of amides is 1. The molecule has 0 aliphatic carbocycles. The van der Waals surface area contributed by atoms with E-state index < -0.39 is 10.0 Å². The van der Waals surface area contributed by atoms with E-state index >= 15 is 0 Å². The van der Waals surface area contributed by atoms with Crippen LogP contribution in [0.25, 0.3) is 10.2 Å². The highest BCUT2D eigenvalue weighted by molar-refractivity contribution is 7.89. The van der Waals surface area contributed by atoms with Crippen molar-refractivity contribution in [1.82, 2.24) is 8.87 Å². The van der Waals surface area contributed by atoms with Crippen LogP contribution in [0.1, 0.15) is 24.0 Å². The van der Waals surface area contributed by atoms with Crippen LogP contribution in [-0.4, -0.2) is 36.3 Å². The number of carbonyl (C=O) groups excluding carboxylic acids is 1. The Kier molecular flexibility index (Phi) is 5.52. The second-order valence-electron chi connectivity index (χ2n) is 7.62. The highest BCUT2D eigenvalue weighted by atomic mass is 32.2. The fourth-order valence-electron chi connectivity index (χ4n) is 3.83.